The highest BCUT2D eigenvalue weighted by Gasteiger charge is 2.60. The van der Waals surface area contributed by atoms with E-state index in [1.165, 1.54) is 38.5 Å². The third kappa shape index (κ3) is 2.55. The van der Waals surface area contributed by atoms with Gasteiger partial charge in [-0.05, 0) is 99.5 Å². The predicted molar refractivity (Wildman–Crippen MR) is 120 cm³/mol. The fraction of sp³-hybridized carbons (Fsp3) is 0.852. The molecular weight excluding hydrogens is 370 g/mol. The molecule has 1 spiro atoms. The monoisotopic (exact) mass is 411 g/mol. The van der Waals surface area contributed by atoms with Gasteiger partial charge in [-0.3, -0.25) is 0 Å². The van der Waals surface area contributed by atoms with Crippen molar-refractivity contribution in [2.24, 2.45) is 35.0 Å². The number of ether oxygens (including phenoxy) is 1. The Kier molecular flexibility index (Phi) is 4.46. The summed E-state index contributed by atoms with van der Waals surface area (Å²) in [5, 5.41) is 14.1. The summed E-state index contributed by atoms with van der Waals surface area (Å²) in [6, 6.07) is 0.530. The van der Waals surface area contributed by atoms with Gasteiger partial charge in [0.05, 0.1) is 17.8 Å². The molecule has 0 unspecified atom stereocenters. The highest BCUT2D eigenvalue weighted by molar-refractivity contribution is 5.38. The molecule has 0 amide bonds. The summed E-state index contributed by atoms with van der Waals surface area (Å²) in [5.41, 5.74) is 5.25. The van der Waals surface area contributed by atoms with E-state index in [1.807, 2.05) is 0 Å². The van der Waals surface area contributed by atoms with Gasteiger partial charge in [-0.1, -0.05) is 38.0 Å². The van der Waals surface area contributed by atoms with Gasteiger partial charge in [-0.25, -0.2) is 0 Å². The lowest BCUT2D eigenvalue weighted by Crippen LogP contribution is -2.49. The molecule has 3 heteroatoms. The first-order valence-corrected chi connectivity index (χ1v) is 12.8. The lowest BCUT2D eigenvalue weighted by Gasteiger charge is -2.49. The molecule has 0 aromatic rings. The van der Waals surface area contributed by atoms with E-state index < -0.39 is 0 Å². The molecule has 2 saturated heterocycles. The van der Waals surface area contributed by atoms with Crippen molar-refractivity contribution in [1.29, 1.82) is 0 Å². The molecule has 0 radical (unpaired) electrons. The number of rotatable bonds is 0. The van der Waals surface area contributed by atoms with Crippen molar-refractivity contribution in [3.8, 4) is 0 Å². The zero-order valence-corrected chi connectivity index (χ0v) is 19.4. The third-order valence-electron chi connectivity index (χ3n) is 10.9. The van der Waals surface area contributed by atoms with Crippen molar-refractivity contribution in [1.82, 2.24) is 5.32 Å². The van der Waals surface area contributed by atoms with Crippen LogP contribution in [0.25, 0.3) is 0 Å². The van der Waals surface area contributed by atoms with E-state index in [1.54, 1.807) is 16.7 Å². The first kappa shape index (κ1) is 20.0. The molecule has 166 valence electrons. The number of aliphatic hydroxyl groups is 1. The van der Waals surface area contributed by atoms with Gasteiger partial charge in [0.2, 0.25) is 0 Å². The van der Waals surface area contributed by atoms with Crippen LogP contribution in [-0.4, -0.2) is 35.5 Å². The van der Waals surface area contributed by atoms with Crippen LogP contribution in [-0.2, 0) is 4.74 Å². The minimum Gasteiger partial charge on any atom is -0.393 e. The third-order valence-corrected chi connectivity index (χ3v) is 10.9. The Morgan fingerprint density at radius 1 is 1.17 bits per heavy atom. The summed E-state index contributed by atoms with van der Waals surface area (Å²) < 4.78 is 7.03. The van der Waals surface area contributed by atoms with E-state index >= 15 is 0 Å². The second kappa shape index (κ2) is 6.68. The quantitative estimate of drug-likeness (QED) is 0.551. The molecule has 3 nitrogen and oxygen atoms in total. The Bertz CT molecular complexity index is 801. The average molecular weight is 412 g/mol. The Morgan fingerprint density at radius 3 is 2.83 bits per heavy atom. The average Bonchev–Trinajstić information content (AvgIpc) is 3.23. The first-order chi connectivity index (χ1) is 14.3. The number of allylic oxidation sites excluding steroid dienone is 2. The van der Waals surface area contributed by atoms with Gasteiger partial charge in [-0.2, -0.15) is 0 Å². The van der Waals surface area contributed by atoms with Crippen LogP contribution in [0.2, 0.25) is 0 Å². The van der Waals surface area contributed by atoms with Gasteiger partial charge in [0.25, 0.3) is 0 Å². The number of fused-ring (bicyclic) bond motifs is 6. The Labute approximate surface area is 182 Å². The lowest BCUT2D eigenvalue weighted by molar-refractivity contribution is -0.0549. The number of hydrogen-bond acceptors (Lipinski definition) is 3. The van der Waals surface area contributed by atoms with Crippen LogP contribution in [0.3, 0.4) is 0 Å². The summed E-state index contributed by atoms with van der Waals surface area (Å²) in [7, 11) is 0. The maximum absolute atomic E-state index is 10.3. The molecule has 2 saturated carbocycles. The van der Waals surface area contributed by atoms with Crippen molar-refractivity contribution < 1.29 is 9.84 Å². The Balaban J connectivity index is 1.34. The van der Waals surface area contributed by atoms with Crippen molar-refractivity contribution in [3.63, 3.8) is 0 Å². The highest BCUT2D eigenvalue weighted by Crippen LogP contribution is 2.65. The lowest BCUT2D eigenvalue weighted by atomic mass is 9.56. The second-order valence-corrected chi connectivity index (χ2v) is 12.2. The summed E-state index contributed by atoms with van der Waals surface area (Å²) in [6.07, 6.45) is 12.2. The molecule has 4 aliphatic carbocycles. The minimum absolute atomic E-state index is 0.0222. The molecule has 6 aliphatic rings. The van der Waals surface area contributed by atoms with E-state index in [0.717, 1.165) is 43.1 Å². The minimum atomic E-state index is -0.111. The fourth-order valence-electron chi connectivity index (χ4n) is 9.09. The Morgan fingerprint density at radius 2 is 2.00 bits per heavy atom. The van der Waals surface area contributed by atoms with Crippen LogP contribution in [0.4, 0.5) is 0 Å². The van der Waals surface area contributed by atoms with E-state index in [0.29, 0.717) is 23.5 Å². The second-order valence-electron chi connectivity index (χ2n) is 12.2. The molecule has 0 aromatic heterocycles. The number of hydrogen-bond donors (Lipinski definition) is 2. The summed E-state index contributed by atoms with van der Waals surface area (Å²) in [6.45, 7) is 10.9. The van der Waals surface area contributed by atoms with Gasteiger partial charge in [0.15, 0.2) is 0 Å². The Hall–Kier alpha value is -0.640. The van der Waals surface area contributed by atoms with Crippen LogP contribution in [0.15, 0.2) is 22.8 Å². The summed E-state index contributed by atoms with van der Waals surface area (Å²) in [5.74, 6) is 3.64. The van der Waals surface area contributed by atoms with Crippen LogP contribution in [0.1, 0.15) is 79.1 Å². The summed E-state index contributed by atoms with van der Waals surface area (Å²) in [4.78, 5) is 0. The van der Waals surface area contributed by atoms with Crippen LogP contribution in [0, 0.1) is 35.0 Å². The molecule has 0 bridgehead atoms. The zero-order chi connectivity index (χ0) is 20.8. The zero-order valence-electron chi connectivity index (χ0n) is 19.4. The molecule has 2 N–H and O–H groups in total. The van der Waals surface area contributed by atoms with E-state index in [2.05, 4.69) is 39.1 Å². The van der Waals surface area contributed by atoms with Gasteiger partial charge in [0, 0.05) is 12.0 Å². The van der Waals surface area contributed by atoms with Crippen molar-refractivity contribution in [2.75, 3.05) is 6.54 Å². The van der Waals surface area contributed by atoms with Gasteiger partial charge in [-0.15, -0.1) is 0 Å². The van der Waals surface area contributed by atoms with Crippen LogP contribution in [0.5, 0.6) is 0 Å². The molecule has 6 rings (SSSR count). The summed E-state index contributed by atoms with van der Waals surface area (Å²) >= 11 is 0. The van der Waals surface area contributed by atoms with E-state index in [9.17, 15) is 5.11 Å². The van der Waals surface area contributed by atoms with Crippen LogP contribution < -0.4 is 5.32 Å². The molecule has 10 atom stereocenters. The number of nitrogens with one attached hydrogen (secondary N) is 1. The largest absolute Gasteiger partial charge is 0.393 e. The van der Waals surface area contributed by atoms with E-state index in [-0.39, 0.29) is 11.7 Å². The van der Waals surface area contributed by atoms with Gasteiger partial charge < -0.3 is 15.2 Å². The molecule has 0 aromatic carbocycles. The standard InChI is InChI=1S/C27H41NO2/c1-15-11-24-25(28-14-15)17(3)27(30-24)10-8-20-21-6-5-18-12-19(29)7-9-26(18,4)23(21)13-22(20)16(27)2/h5,15,17,19-21,23-25,28-29H,6-14H2,1-4H3/t15-,17+,19-,20-,21-,23-,24+,25-,26-,27+/m0/s1. The fourth-order valence-corrected chi connectivity index (χ4v) is 9.09. The SMILES string of the molecule is CC1=C2C[C@H]3[C@@H](CC=C4C[C@@H](O)CC[C@@]43C)[C@@H]2CC[C@@]12O[C@@H]1C[C@H](C)CN[C@H]1[C@H]2C. The predicted octanol–water partition coefficient (Wildman–Crippen LogP) is 5.00. The number of piperidine rings is 1. The van der Waals surface area contributed by atoms with Crippen molar-refractivity contribution in [2.45, 2.75) is 103 Å². The smallest absolute Gasteiger partial charge is 0.0937 e. The molecule has 30 heavy (non-hydrogen) atoms. The molecule has 2 aliphatic heterocycles. The van der Waals surface area contributed by atoms with Gasteiger partial charge in [0.1, 0.15) is 0 Å². The van der Waals surface area contributed by atoms with Gasteiger partial charge >= 0.3 is 0 Å². The molecule has 2 heterocycles. The van der Waals surface area contributed by atoms with Crippen molar-refractivity contribution >= 4 is 0 Å². The topological polar surface area (TPSA) is 41.5 Å². The maximum atomic E-state index is 10.3. The number of aliphatic hydroxyl groups excluding tert-OH is 1. The normalized spacial score (nSPS) is 55.0. The van der Waals surface area contributed by atoms with Crippen LogP contribution >= 0.6 is 0 Å². The highest BCUT2D eigenvalue weighted by atomic mass is 16.5. The maximum Gasteiger partial charge on any atom is 0.0937 e. The first-order valence-electron chi connectivity index (χ1n) is 12.8. The molecular formula is C27H41NO2. The molecule has 4 fully saturated rings. The van der Waals surface area contributed by atoms with E-state index in [4.69, 9.17) is 4.74 Å². The van der Waals surface area contributed by atoms with Crippen molar-refractivity contribution in [3.05, 3.63) is 22.8 Å².